The van der Waals surface area contributed by atoms with Crippen LogP contribution in [0.25, 0.3) is 0 Å². The van der Waals surface area contributed by atoms with E-state index in [0.717, 1.165) is 29.1 Å². The molecule has 26 heavy (non-hydrogen) atoms. The number of hydrogen-bond donors (Lipinski definition) is 1. The summed E-state index contributed by atoms with van der Waals surface area (Å²) in [5.41, 5.74) is 1.91. The van der Waals surface area contributed by atoms with Gasteiger partial charge < -0.3 is 15.1 Å². The molecule has 0 radical (unpaired) electrons. The lowest BCUT2D eigenvalue weighted by molar-refractivity contribution is -0.133. The van der Waals surface area contributed by atoms with Crippen LogP contribution in [0, 0.1) is 5.92 Å². The lowest BCUT2D eigenvalue weighted by Crippen LogP contribution is -2.42. The standard InChI is InChI=1S/C20H25N3O2S/c1-22(2)17-7-5-16(6-8-17)21-20(25)15-9-11-23(12-10-15)19(24)14-18-4-3-13-26-18/h3-8,13,15H,9-12,14H2,1-2H3,(H,21,25). The molecular formula is C20H25N3O2S. The summed E-state index contributed by atoms with van der Waals surface area (Å²) in [6, 6.07) is 11.8. The molecule has 0 unspecified atom stereocenters. The maximum Gasteiger partial charge on any atom is 0.227 e. The van der Waals surface area contributed by atoms with Crippen LogP contribution in [0.1, 0.15) is 17.7 Å². The van der Waals surface area contributed by atoms with Crippen LogP contribution in [0.2, 0.25) is 0 Å². The third-order valence-corrected chi connectivity index (χ3v) is 5.65. The highest BCUT2D eigenvalue weighted by Gasteiger charge is 2.27. The van der Waals surface area contributed by atoms with E-state index < -0.39 is 0 Å². The molecule has 2 heterocycles. The molecule has 0 aliphatic carbocycles. The van der Waals surface area contributed by atoms with Crippen molar-refractivity contribution in [3.63, 3.8) is 0 Å². The zero-order chi connectivity index (χ0) is 18.5. The summed E-state index contributed by atoms with van der Waals surface area (Å²) in [7, 11) is 3.97. The lowest BCUT2D eigenvalue weighted by atomic mass is 9.95. The number of hydrogen-bond acceptors (Lipinski definition) is 4. The molecule has 1 aromatic heterocycles. The van der Waals surface area contributed by atoms with Gasteiger partial charge in [0.2, 0.25) is 11.8 Å². The van der Waals surface area contributed by atoms with Gasteiger partial charge >= 0.3 is 0 Å². The molecule has 3 rings (SSSR count). The van der Waals surface area contributed by atoms with Crippen LogP contribution in [0.4, 0.5) is 11.4 Å². The highest BCUT2D eigenvalue weighted by molar-refractivity contribution is 7.10. The number of nitrogens with zero attached hydrogens (tertiary/aromatic N) is 2. The maximum absolute atomic E-state index is 12.5. The van der Waals surface area contributed by atoms with E-state index in [1.165, 1.54) is 0 Å². The molecule has 0 bridgehead atoms. The van der Waals surface area contributed by atoms with Gasteiger partial charge in [0.05, 0.1) is 6.42 Å². The number of nitrogens with one attached hydrogen (secondary N) is 1. The highest BCUT2D eigenvalue weighted by Crippen LogP contribution is 2.22. The highest BCUT2D eigenvalue weighted by atomic mass is 32.1. The SMILES string of the molecule is CN(C)c1ccc(NC(=O)C2CCN(C(=O)Cc3cccs3)CC2)cc1. The molecular weight excluding hydrogens is 346 g/mol. The van der Waals surface area contributed by atoms with Crippen molar-refractivity contribution < 1.29 is 9.59 Å². The van der Waals surface area contributed by atoms with Gasteiger partial charge in [-0.25, -0.2) is 0 Å². The zero-order valence-electron chi connectivity index (χ0n) is 15.3. The van der Waals surface area contributed by atoms with E-state index in [4.69, 9.17) is 0 Å². The van der Waals surface area contributed by atoms with Crippen LogP contribution in [0.3, 0.4) is 0 Å². The molecule has 1 fully saturated rings. The molecule has 0 atom stereocenters. The van der Waals surface area contributed by atoms with Gasteiger partial charge in [0.15, 0.2) is 0 Å². The first-order chi connectivity index (χ1) is 12.5. The molecule has 1 N–H and O–H groups in total. The Morgan fingerprint density at radius 3 is 2.42 bits per heavy atom. The minimum atomic E-state index is -0.0330. The first-order valence-corrected chi connectivity index (χ1v) is 9.79. The van der Waals surface area contributed by atoms with Crippen LogP contribution in [0.5, 0.6) is 0 Å². The Kier molecular flexibility index (Phi) is 5.93. The van der Waals surface area contributed by atoms with Gasteiger partial charge in [0.1, 0.15) is 0 Å². The Bertz CT molecular complexity index is 733. The van der Waals surface area contributed by atoms with E-state index in [-0.39, 0.29) is 17.7 Å². The van der Waals surface area contributed by atoms with Crippen molar-refractivity contribution in [3.8, 4) is 0 Å². The van der Waals surface area contributed by atoms with Gasteiger partial charge in [-0.1, -0.05) is 6.07 Å². The van der Waals surface area contributed by atoms with Crippen molar-refractivity contribution in [2.75, 3.05) is 37.4 Å². The Hall–Kier alpha value is -2.34. The summed E-state index contributed by atoms with van der Waals surface area (Å²) < 4.78 is 0. The van der Waals surface area contributed by atoms with Gasteiger partial charge in [-0.15, -0.1) is 11.3 Å². The van der Waals surface area contributed by atoms with Crippen molar-refractivity contribution in [1.29, 1.82) is 0 Å². The lowest BCUT2D eigenvalue weighted by Gasteiger charge is -2.31. The summed E-state index contributed by atoms with van der Waals surface area (Å²) in [4.78, 5) is 29.8. The average molecular weight is 372 g/mol. The third-order valence-electron chi connectivity index (χ3n) is 4.78. The predicted molar refractivity (Wildman–Crippen MR) is 107 cm³/mol. The van der Waals surface area contributed by atoms with Gasteiger partial charge in [-0.05, 0) is 48.6 Å². The Labute approximate surface area is 158 Å². The number of amides is 2. The van der Waals surface area contributed by atoms with Crippen LogP contribution in [0.15, 0.2) is 41.8 Å². The number of benzene rings is 1. The van der Waals surface area contributed by atoms with Crippen LogP contribution < -0.4 is 10.2 Å². The molecule has 1 saturated heterocycles. The number of anilines is 2. The molecule has 138 valence electrons. The second kappa shape index (κ2) is 8.36. The molecule has 0 spiro atoms. The summed E-state index contributed by atoms with van der Waals surface area (Å²) in [5, 5.41) is 4.99. The van der Waals surface area contributed by atoms with Crippen LogP contribution in [-0.4, -0.2) is 43.9 Å². The molecule has 0 saturated carbocycles. The number of piperidine rings is 1. The third kappa shape index (κ3) is 4.64. The molecule has 1 aliphatic rings. The monoisotopic (exact) mass is 371 g/mol. The number of carbonyl (C=O) groups excluding carboxylic acids is 2. The fourth-order valence-corrected chi connectivity index (χ4v) is 3.85. The van der Waals surface area contributed by atoms with Crippen molar-refractivity contribution >= 4 is 34.5 Å². The second-order valence-electron chi connectivity index (χ2n) is 6.84. The van der Waals surface area contributed by atoms with Crippen molar-refractivity contribution in [3.05, 3.63) is 46.7 Å². The van der Waals surface area contributed by atoms with Gasteiger partial charge in [0.25, 0.3) is 0 Å². The molecule has 6 heteroatoms. The van der Waals surface area contributed by atoms with Gasteiger partial charge in [-0.2, -0.15) is 0 Å². The first-order valence-electron chi connectivity index (χ1n) is 8.91. The molecule has 2 aromatic rings. The Balaban J connectivity index is 1.48. The molecule has 5 nitrogen and oxygen atoms in total. The summed E-state index contributed by atoms with van der Waals surface area (Å²) in [6.07, 6.45) is 1.91. The number of thiophene rings is 1. The summed E-state index contributed by atoms with van der Waals surface area (Å²) in [5.74, 6) is 0.174. The maximum atomic E-state index is 12.5. The normalized spacial score (nSPS) is 14.9. The smallest absolute Gasteiger partial charge is 0.227 e. The number of carbonyl (C=O) groups is 2. The van der Waals surface area contributed by atoms with Gasteiger partial charge in [-0.3, -0.25) is 9.59 Å². The average Bonchev–Trinajstić information content (AvgIpc) is 3.15. The molecule has 1 aromatic carbocycles. The Morgan fingerprint density at radius 2 is 1.85 bits per heavy atom. The van der Waals surface area contributed by atoms with E-state index >= 15 is 0 Å². The van der Waals surface area contributed by atoms with E-state index in [9.17, 15) is 9.59 Å². The number of rotatable bonds is 5. The van der Waals surface area contributed by atoms with Crippen LogP contribution in [-0.2, 0) is 16.0 Å². The minimum absolute atomic E-state index is 0.0330. The predicted octanol–water partition coefficient (Wildman–Crippen LogP) is 3.23. The minimum Gasteiger partial charge on any atom is -0.378 e. The van der Waals surface area contributed by atoms with Crippen molar-refractivity contribution in [2.45, 2.75) is 19.3 Å². The van der Waals surface area contributed by atoms with Gasteiger partial charge in [0, 0.05) is 49.4 Å². The topological polar surface area (TPSA) is 52.7 Å². The number of likely N-dealkylation sites (tertiary alicyclic amines) is 1. The quantitative estimate of drug-likeness (QED) is 0.878. The largest absolute Gasteiger partial charge is 0.378 e. The van der Waals surface area contributed by atoms with Crippen LogP contribution >= 0.6 is 11.3 Å². The van der Waals surface area contributed by atoms with Crippen molar-refractivity contribution in [2.24, 2.45) is 5.92 Å². The van der Waals surface area contributed by atoms with E-state index in [1.807, 2.05) is 65.7 Å². The zero-order valence-corrected chi connectivity index (χ0v) is 16.1. The Morgan fingerprint density at radius 1 is 1.15 bits per heavy atom. The fraction of sp³-hybridized carbons (Fsp3) is 0.400. The second-order valence-corrected chi connectivity index (χ2v) is 7.87. The molecule has 2 amide bonds. The summed E-state index contributed by atoms with van der Waals surface area (Å²) in [6.45, 7) is 1.31. The fourth-order valence-electron chi connectivity index (χ4n) is 3.15. The van der Waals surface area contributed by atoms with E-state index in [2.05, 4.69) is 5.32 Å². The van der Waals surface area contributed by atoms with E-state index in [0.29, 0.717) is 19.5 Å². The van der Waals surface area contributed by atoms with Crippen molar-refractivity contribution in [1.82, 2.24) is 4.90 Å². The first kappa shape index (κ1) is 18.5. The molecule has 1 aliphatic heterocycles. The summed E-state index contributed by atoms with van der Waals surface area (Å²) >= 11 is 1.61. The van der Waals surface area contributed by atoms with E-state index in [1.54, 1.807) is 11.3 Å².